The molecule has 0 bridgehead atoms. The number of nitrogens with one attached hydrogen (secondary N) is 1. The molecule has 0 fully saturated rings. The number of nitro benzene ring substituents is 1. The number of amides is 2. The van der Waals surface area contributed by atoms with Gasteiger partial charge in [-0.1, -0.05) is 18.2 Å². The number of fused-ring (bicyclic) bond motifs is 1. The van der Waals surface area contributed by atoms with Gasteiger partial charge in [-0.2, -0.15) is 0 Å². The summed E-state index contributed by atoms with van der Waals surface area (Å²) >= 11 is 0. The summed E-state index contributed by atoms with van der Waals surface area (Å²) in [5.74, 6) is -0.260. The van der Waals surface area contributed by atoms with E-state index in [4.69, 9.17) is 4.74 Å². The number of para-hydroxylation sites is 2. The van der Waals surface area contributed by atoms with E-state index in [0.717, 1.165) is 0 Å². The second-order valence-electron chi connectivity index (χ2n) is 5.09. The number of carbonyl (C=O) groups is 2. The van der Waals surface area contributed by atoms with Crippen LogP contribution in [-0.2, 0) is 9.59 Å². The van der Waals surface area contributed by atoms with Crippen LogP contribution < -0.4 is 15.0 Å². The molecule has 0 radical (unpaired) electrons. The molecule has 0 spiro atoms. The summed E-state index contributed by atoms with van der Waals surface area (Å²) in [5, 5.41) is 13.3. The average Bonchev–Trinajstić information content (AvgIpc) is 2.57. The Hall–Kier alpha value is -3.42. The van der Waals surface area contributed by atoms with Crippen molar-refractivity contribution in [3.8, 4) is 5.75 Å². The molecule has 0 unspecified atom stereocenters. The fraction of sp³-hybridized carbons (Fsp3) is 0.125. The summed E-state index contributed by atoms with van der Waals surface area (Å²) in [7, 11) is 0. The summed E-state index contributed by atoms with van der Waals surface area (Å²) in [6.45, 7) is -0.344. The van der Waals surface area contributed by atoms with E-state index < -0.39 is 10.8 Å². The average molecular weight is 327 g/mol. The molecule has 0 aromatic heterocycles. The van der Waals surface area contributed by atoms with Crippen LogP contribution in [0.15, 0.2) is 48.5 Å². The first-order valence-electron chi connectivity index (χ1n) is 7.11. The third kappa shape index (κ3) is 3.17. The van der Waals surface area contributed by atoms with Gasteiger partial charge in [0.25, 0.3) is 11.6 Å². The highest BCUT2D eigenvalue weighted by atomic mass is 16.6. The molecule has 0 aliphatic carbocycles. The molecule has 2 aromatic rings. The highest BCUT2D eigenvalue weighted by Gasteiger charge is 2.27. The Bertz CT molecular complexity index is 821. The van der Waals surface area contributed by atoms with E-state index in [1.807, 2.05) is 0 Å². The Morgan fingerprint density at radius 2 is 2.04 bits per heavy atom. The van der Waals surface area contributed by atoms with E-state index in [1.54, 1.807) is 30.3 Å². The minimum Gasteiger partial charge on any atom is -0.482 e. The molecule has 8 heteroatoms. The largest absolute Gasteiger partial charge is 0.482 e. The first-order chi connectivity index (χ1) is 11.5. The molecule has 1 heterocycles. The summed E-state index contributed by atoms with van der Waals surface area (Å²) < 4.78 is 5.31. The van der Waals surface area contributed by atoms with Crippen molar-refractivity contribution in [2.75, 3.05) is 23.4 Å². The standard InChI is InChI=1S/C16H13N3O5/c20-15(17-11-4-3-5-12(8-11)19(22)23)9-18-13-6-1-2-7-14(13)24-10-16(18)21/h1-8H,9-10H2,(H,17,20). The normalized spacial score (nSPS) is 13.0. The van der Waals surface area contributed by atoms with E-state index >= 15 is 0 Å². The fourth-order valence-corrected chi connectivity index (χ4v) is 2.37. The van der Waals surface area contributed by atoms with Gasteiger partial charge in [-0.25, -0.2) is 0 Å². The first kappa shape index (κ1) is 15.5. The van der Waals surface area contributed by atoms with E-state index in [0.29, 0.717) is 17.1 Å². The van der Waals surface area contributed by atoms with Crippen LogP contribution in [0, 0.1) is 10.1 Å². The van der Waals surface area contributed by atoms with E-state index in [9.17, 15) is 19.7 Å². The Labute approximate surface area is 136 Å². The molecule has 2 aromatic carbocycles. The number of benzene rings is 2. The number of nitro groups is 1. The van der Waals surface area contributed by atoms with Crippen molar-refractivity contribution in [2.24, 2.45) is 0 Å². The molecule has 2 amide bonds. The molecule has 0 saturated carbocycles. The molecule has 1 aliphatic heterocycles. The van der Waals surface area contributed by atoms with Gasteiger partial charge in [0.15, 0.2) is 6.61 Å². The molecule has 24 heavy (non-hydrogen) atoms. The van der Waals surface area contributed by atoms with Gasteiger partial charge in [0.1, 0.15) is 12.3 Å². The quantitative estimate of drug-likeness (QED) is 0.683. The predicted molar refractivity (Wildman–Crippen MR) is 86.0 cm³/mol. The van der Waals surface area contributed by atoms with Crippen molar-refractivity contribution in [3.63, 3.8) is 0 Å². The Morgan fingerprint density at radius 3 is 2.83 bits per heavy atom. The summed E-state index contributed by atoms with van der Waals surface area (Å²) in [5.41, 5.74) is 0.687. The van der Waals surface area contributed by atoms with Gasteiger partial charge in [0.05, 0.1) is 10.6 Å². The van der Waals surface area contributed by atoms with Gasteiger partial charge in [-0.05, 0) is 18.2 Å². The van der Waals surface area contributed by atoms with Crippen molar-refractivity contribution in [1.82, 2.24) is 0 Å². The van der Waals surface area contributed by atoms with Crippen LogP contribution in [0.4, 0.5) is 17.1 Å². The summed E-state index contributed by atoms with van der Waals surface area (Å²) in [4.78, 5) is 35.8. The van der Waals surface area contributed by atoms with Crippen molar-refractivity contribution < 1.29 is 19.2 Å². The summed E-state index contributed by atoms with van der Waals surface area (Å²) in [6, 6.07) is 12.5. The molecule has 1 N–H and O–H groups in total. The van der Waals surface area contributed by atoms with Crippen molar-refractivity contribution in [3.05, 3.63) is 58.6 Å². The zero-order chi connectivity index (χ0) is 17.1. The Morgan fingerprint density at radius 1 is 1.25 bits per heavy atom. The number of ether oxygens (including phenoxy) is 1. The topological polar surface area (TPSA) is 102 Å². The number of nitrogens with zero attached hydrogens (tertiary/aromatic N) is 2. The number of rotatable bonds is 4. The van der Waals surface area contributed by atoms with Crippen LogP contribution in [0.5, 0.6) is 5.75 Å². The van der Waals surface area contributed by atoms with Crippen LogP contribution in [0.3, 0.4) is 0 Å². The lowest BCUT2D eigenvalue weighted by molar-refractivity contribution is -0.384. The SMILES string of the molecule is O=C(CN1C(=O)COc2ccccc21)Nc1cccc([N+](=O)[O-])c1. The van der Waals surface area contributed by atoms with Crippen molar-refractivity contribution in [2.45, 2.75) is 0 Å². The summed E-state index contributed by atoms with van der Waals surface area (Å²) in [6.07, 6.45) is 0. The maximum absolute atomic E-state index is 12.2. The second-order valence-corrected chi connectivity index (χ2v) is 5.09. The third-order valence-electron chi connectivity index (χ3n) is 3.45. The minimum absolute atomic E-state index is 0.124. The number of hydrogen-bond donors (Lipinski definition) is 1. The first-order valence-corrected chi connectivity index (χ1v) is 7.11. The monoisotopic (exact) mass is 327 g/mol. The van der Waals surface area contributed by atoms with Crippen molar-refractivity contribution in [1.29, 1.82) is 0 Å². The fourth-order valence-electron chi connectivity index (χ4n) is 2.37. The zero-order valence-electron chi connectivity index (χ0n) is 12.5. The van der Waals surface area contributed by atoms with Gasteiger partial charge in [-0.15, -0.1) is 0 Å². The number of anilines is 2. The smallest absolute Gasteiger partial charge is 0.271 e. The molecule has 1 aliphatic rings. The predicted octanol–water partition coefficient (Wildman–Crippen LogP) is 1.96. The van der Waals surface area contributed by atoms with Crippen LogP contribution in [0.1, 0.15) is 0 Å². The Kier molecular flexibility index (Phi) is 4.11. The lowest BCUT2D eigenvalue weighted by Crippen LogP contribution is -2.43. The number of carbonyl (C=O) groups excluding carboxylic acids is 2. The highest BCUT2D eigenvalue weighted by Crippen LogP contribution is 2.31. The van der Waals surface area contributed by atoms with Crippen LogP contribution in [0.2, 0.25) is 0 Å². The number of non-ortho nitro benzene ring substituents is 1. The zero-order valence-corrected chi connectivity index (χ0v) is 12.5. The van der Waals surface area contributed by atoms with Gasteiger partial charge in [0, 0.05) is 17.8 Å². The number of hydrogen-bond acceptors (Lipinski definition) is 5. The van der Waals surface area contributed by atoms with Gasteiger partial charge in [-0.3, -0.25) is 24.6 Å². The van der Waals surface area contributed by atoms with Crippen LogP contribution in [0.25, 0.3) is 0 Å². The maximum Gasteiger partial charge on any atom is 0.271 e. The van der Waals surface area contributed by atoms with Crippen LogP contribution in [-0.4, -0.2) is 29.9 Å². The van der Waals surface area contributed by atoms with Crippen molar-refractivity contribution >= 4 is 28.9 Å². The highest BCUT2D eigenvalue weighted by molar-refractivity contribution is 6.05. The molecular formula is C16H13N3O5. The molecule has 0 atom stereocenters. The van der Waals surface area contributed by atoms with E-state index in [2.05, 4.69) is 5.32 Å². The second kappa shape index (κ2) is 6.37. The molecule has 3 rings (SSSR count). The lowest BCUT2D eigenvalue weighted by Gasteiger charge is -2.28. The maximum atomic E-state index is 12.2. The molecule has 122 valence electrons. The molecular weight excluding hydrogens is 314 g/mol. The van der Waals surface area contributed by atoms with Gasteiger partial charge in [0.2, 0.25) is 5.91 Å². The third-order valence-corrected chi connectivity index (χ3v) is 3.45. The van der Waals surface area contributed by atoms with Crippen LogP contribution >= 0.6 is 0 Å². The van der Waals surface area contributed by atoms with E-state index in [-0.39, 0.29) is 24.7 Å². The Balaban J connectivity index is 1.74. The van der Waals surface area contributed by atoms with Gasteiger partial charge < -0.3 is 10.1 Å². The van der Waals surface area contributed by atoms with Gasteiger partial charge >= 0.3 is 0 Å². The van der Waals surface area contributed by atoms with E-state index in [1.165, 1.54) is 23.1 Å². The molecule has 8 nitrogen and oxygen atoms in total. The lowest BCUT2D eigenvalue weighted by atomic mass is 10.2. The minimum atomic E-state index is -0.544. The molecule has 0 saturated heterocycles.